The Morgan fingerprint density at radius 3 is 2.49 bits per heavy atom. The first kappa shape index (κ1) is 32.8. The topological polar surface area (TPSA) is 137 Å². The summed E-state index contributed by atoms with van der Waals surface area (Å²) >= 11 is 0. The van der Waals surface area contributed by atoms with Crippen molar-refractivity contribution in [2.45, 2.75) is 89.4 Å². The molecule has 2 aromatic rings. The maximum atomic E-state index is 13.6. The van der Waals surface area contributed by atoms with E-state index < -0.39 is 34.1 Å². The summed E-state index contributed by atoms with van der Waals surface area (Å²) in [6.45, 7) is 4.59. The number of rotatable bonds is 14. The number of ether oxygens (including phenoxy) is 1. The number of aliphatic hydroxyl groups is 1. The molecule has 2 amide bonds. The zero-order valence-electron chi connectivity index (χ0n) is 25.3. The van der Waals surface area contributed by atoms with Crippen LogP contribution in [0.5, 0.6) is 5.75 Å². The number of amides is 2. The number of nitrogens with one attached hydrogen (secondary N) is 3. The predicted molar refractivity (Wildman–Crippen MR) is 168 cm³/mol. The van der Waals surface area contributed by atoms with Crippen LogP contribution in [-0.4, -0.2) is 75.0 Å². The molecule has 0 aromatic heterocycles. The predicted octanol–water partition coefficient (Wildman–Crippen LogP) is 3.14. The van der Waals surface area contributed by atoms with Gasteiger partial charge in [-0.2, -0.15) is 0 Å². The lowest BCUT2D eigenvalue weighted by atomic mass is 9.95. The van der Waals surface area contributed by atoms with Crippen molar-refractivity contribution in [1.82, 2.24) is 16.0 Å². The molecule has 0 bridgehead atoms. The van der Waals surface area contributed by atoms with Gasteiger partial charge in [0, 0.05) is 30.8 Å². The maximum absolute atomic E-state index is 13.6. The molecule has 1 aliphatic heterocycles. The molecule has 1 heterocycles. The molecule has 2 fully saturated rings. The van der Waals surface area contributed by atoms with Crippen molar-refractivity contribution in [3.63, 3.8) is 0 Å². The van der Waals surface area contributed by atoms with Crippen LogP contribution in [0.4, 0.5) is 5.69 Å². The van der Waals surface area contributed by atoms with E-state index in [1.54, 1.807) is 25.1 Å². The van der Waals surface area contributed by atoms with Crippen molar-refractivity contribution in [1.29, 1.82) is 0 Å². The molecule has 1 saturated carbocycles. The molecule has 43 heavy (non-hydrogen) atoms. The zero-order chi connectivity index (χ0) is 30.8. The second kappa shape index (κ2) is 15.5. The van der Waals surface area contributed by atoms with Gasteiger partial charge in [0.25, 0.3) is 5.91 Å². The molecule has 3 atom stereocenters. The van der Waals surface area contributed by atoms with Gasteiger partial charge in [0.05, 0.1) is 36.2 Å². The smallest absolute Gasteiger partial charge is 0.251 e. The van der Waals surface area contributed by atoms with Gasteiger partial charge >= 0.3 is 0 Å². The lowest BCUT2D eigenvalue weighted by Gasteiger charge is -2.28. The van der Waals surface area contributed by atoms with Gasteiger partial charge in [-0.25, -0.2) is 8.42 Å². The van der Waals surface area contributed by atoms with Crippen LogP contribution in [0.1, 0.15) is 74.7 Å². The summed E-state index contributed by atoms with van der Waals surface area (Å²) in [6.07, 6.45) is 6.04. The molecule has 236 valence electrons. The average Bonchev–Trinajstić information content (AvgIpc) is 3.37. The summed E-state index contributed by atoms with van der Waals surface area (Å²) in [5, 5.41) is 20.5. The minimum atomic E-state index is -3.46. The molecular weight excluding hydrogens is 568 g/mol. The Balaban J connectivity index is 1.48. The summed E-state index contributed by atoms with van der Waals surface area (Å²) in [5.41, 5.74) is 1.55. The van der Waals surface area contributed by atoms with E-state index in [1.165, 1.54) is 10.7 Å². The fourth-order valence-corrected chi connectivity index (χ4v) is 7.15. The fourth-order valence-electron chi connectivity index (χ4n) is 5.60. The minimum Gasteiger partial charge on any atom is -0.494 e. The highest BCUT2D eigenvalue weighted by molar-refractivity contribution is 7.93. The lowest BCUT2D eigenvalue weighted by molar-refractivity contribution is -0.123. The van der Waals surface area contributed by atoms with Crippen LogP contribution in [-0.2, 0) is 21.2 Å². The minimum absolute atomic E-state index is 0.0595. The van der Waals surface area contributed by atoms with Gasteiger partial charge in [-0.15, -0.1) is 0 Å². The molecule has 0 radical (unpaired) electrons. The number of anilines is 1. The summed E-state index contributed by atoms with van der Waals surface area (Å²) in [4.78, 5) is 26.4. The van der Waals surface area contributed by atoms with Gasteiger partial charge in [0.15, 0.2) is 0 Å². The highest BCUT2D eigenvalue weighted by Crippen LogP contribution is 2.30. The van der Waals surface area contributed by atoms with Crippen molar-refractivity contribution in [3.05, 3.63) is 59.7 Å². The number of hydrogen-bond acceptors (Lipinski definition) is 7. The van der Waals surface area contributed by atoms with Gasteiger partial charge in [0.1, 0.15) is 5.75 Å². The van der Waals surface area contributed by atoms with E-state index in [1.807, 2.05) is 37.3 Å². The third kappa shape index (κ3) is 9.42. The van der Waals surface area contributed by atoms with Crippen LogP contribution in [0, 0.1) is 0 Å². The summed E-state index contributed by atoms with van der Waals surface area (Å²) < 4.78 is 32.4. The summed E-state index contributed by atoms with van der Waals surface area (Å²) in [6, 6.07) is 13.3. The van der Waals surface area contributed by atoms with Crippen LogP contribution < -0.4 is 25.0 Å². The zero-order valence-corrected chi connectivity index (χ0v) is 26.1. The second-order valence-corrected chi connectivity index (χ2v) is 13.6. The Morgan fingerprint density at radius 2 is 1.81 bits per heavy atom. The first-order valence-electron chi connectivity index (χ1n) is 15.5. The molecule has 2 aromatic carbocycles. The Labute approximate surface area is 255 Å². The molecule has 4 N–H and O–H groups in total. The van der Waals surface area contributed by atoms with Crippen LogP contribution in [0.15, 0.2) is 48.5 Å². The van der Waals surface area contributed by atoms with Gasteiger partial charge < -0.3 is 25.8 Å². The average molecular weight is 615 g/mol. The second-order valence-electron chi connectivity index (χ2n) is 11.6. The van der Waals surface area contributed by atoms with E-state index in [4.69, 9.17) is 4.74 Å². The van der Waals surface area contributed by atoms with Gasteiger partial charge in [-0.1, -0.05) is 56.5 Å². The molecule has 1 saturated heterocycles. The quantitative estimate of drug-likeness (QED) is 0.257. The number of carbonyl (C=O) groups is 2. The van der Waals surface area contributed by atoms with Crippen LogP contribution >= 0.6 is 0 Å². The van der Waals surface area contributed by atoms with Crippen molar-refractivity contribution in [2.75, 3.05) is 29.8 Å². The van der Waals surface area contributed by atoms with E-state index in [0.717, 1.165) is 37.7 Å². The standard InChI is InChI=1S/C32H46N4O6S/c1-3-16-42-28-20-25(19-27(21-28)36-15-10-17-43(36,40)41)32(39)35-29(18-24-11-6-4-7-12-24)30(37)22-33-23(2)31(38)34-26-13-8-5-9-14-26/h4,6-7,11-12,19-21,23,26,29-30,33,37H,3,5,8-10,13-18,22H2,1-2H3,(H,34,38)(H,35,39). The van der Waals surface area contributed by atoms with Crippen molar-refractivity contribution in [2.24, 2.45) is 0 Å². The molecule has 11 heteroatoms. The third-order valence-corrected chi connectivity index (χ3v) is 9.94. The van der Waals surface area contributed by atoms with Crippen molar-refractivity contribution < 1.29 is 27.9 Å². The van der Waals surface area contributed by atoms with Gasteiger partial charge in [-0.3, -0.25) is 13.9 Å². The van der Waals surface area contributed by atoms with Crippen molar-refractivity contribution in [3.8, 4) is 5.75 Å². The number of aliphatic hydroxyl groups excluding tert-OH is 1. The first-order chi connectivity index (χ1) is 20.7. The Bertz CT molecular complexity index is 1320. The lowest BCUT2D eigenvalue weighted by Crippen LogP contribution is -2.53. The third-order valence-electron chi connectivity index (χ3n) is 8.07. The number of carbonyl (C=O) groups excluding carboxylic acids is 2. The number of hydrogen-bond donors (Lipinski definition) is 4. The van der Waals surface area contributed by atoms with Crippen LogP contribution in [0.3, 0.4) is 0 Å². The Morgan fingerprint density at radius 1 is 1.07 bits per heavy atom. The SMILES string of the molecule is CCCOc1cc(C(=O)NC(Cc2ccccc2)C(O)CNC(C)C(=O)NC2CCCCC2)cc(N2CCCS2(=O)=O)c1. The largest absolute Gasteiger partial charge is 0.494 e. The van der Waals surface area contributed by atoms with Gasteiger partial charge in [-0.05, 0) is 56.7 Å². The maximum Gasteiger partial charge on any atom is 0.251 e. The molecule has 1 aliphatic carbocycles. The summed E-state index contributed by atoms with van der Waals surface area (Å²) in [7, 11) is -3.46. The van der Waals surface area contributed by atoms with E-state index in [0.29, 0.717) is 37.4 Å². The van der Waals surface area contributed by atoms with E-state index in [9.17, 15) is 23.1 Å². The van der Waals surface area contributed by atoms with Crippen molar-refractivity contribution >= 4 is 27.5 Å². The normalized spacial score (nSPS) is 18.9. The first-order valence-corrected chi connectivity index (χ1v) is 17.1. The van der Waals surface area contributed by atoms with E-state index in [-0.39, 0.29) is 29.8 Å². The molecule has 0 spiro atoms. The number of nitrogens with zero attached hydrogens (tertiary/aromatic N) is 1. The highest BCUT2D eigenvalue weighted by Gasteiger charge is 2.30. The monoisotopic (exact) mass is 614 g/mol. The Hall–Kier alpha value is -3.15. The Kier molecular flexibility index (Phi) is 11.8. The molecule has 3 unspecified atom stereocenters. The highest BCUT2D eigenvalue weighted by atomic mass is 32.2. The van der Waals surface area contributed by atoms with Gasteiger partial charge in [0.2, 0.25) is 15.9 Å². The van der Waals surface area contributed by atoms with E-state index >= 15 is 0 Å². The summed E-state index contributed by atoms with van der Waals surface area (Å²) in [5.74, 6) is -0.0885. The molecule has 10 nitrogen and oxygen atoms in total. The van der Waals surface area contributed by atoms with Crippen LogP contribution in [0.2, 0.25) is 0 Å². The molecule has 4 rings (SSSR count). The van der Waals surface area contributed by atoms with E-state index in [2.05, 4.69) is 16.0 Å². The number of sulfonamides is 1. The van der Waals surface area contributed by atoms with Crippen LogP contribution in [0.25, 0.3) is 0 Å². The molecule has 2 aliphatic rings. The molecular formula is C32H46N4O6S. The number of benzene rings is 2. The fraction of sp³-hybridized carbons (Fsp3) is 0.562.